The summed E-state index contributed by atoms with van der Waals surface area (Å²) in [5.41, 5.74) is 0.676. The first-order valence-corrected chi connectivity index (χ1v) is 4.60. The Hall–Kier alpha value is 0. The van der Waals surface area contributed by atoms with Crippen LogP contribution in [0.1, 0.15) is 47.0 Å². The van der Waals surface area contributed by atoms with Crippen LogP contribution >= 0.6 is 0 Å². The van der Waals surface area contributed by atoms with Crippen LogP contribution in [0.5, 0.6) is 0 Å². The van der Waals surface area contributed by atoms with E-state index in [9.17, 15) is 0 Å². The van der Waals surface area contributed by atoms with Crippen LogP contribution < -0.4 is 0 Å². The number of hydrogen-bond acceptors (Lipinski definition) is 0. The Morgan fingerprint density at radius 3 is 2.10 bits per heavy atom. The zero-order valence-corrected chi connectivity index (χ0v) is 7.78. The molecule has 0 aromatic heterocycles. The fourth-order valence-corrected chi connectivity index (χ4v) is 2.06. The molecule has 2 atom stereocenters. The lowest BCUT2D eigenvalue weighted by Crippen LogP contribution is -1.89. The van der Waals surface area contributed by atoms with Crippen molar-refractivity contribution < 1.29 is 0 Å². The second kappa shape index (κ2) is 2.56. The summed E-state index contributed by atoms with van der Waals surface area (Å²) in [6.45, 7) is 9.47. The Bertz CT molecular complexity index is 113. The number of rotatable bonds is 3. The van der Waals surface area contributed by atoms with Gasteiger partial charge in [0.1, 0.15) is 0 Å². The SMILES string of the molecule is CCCCC1[C@H](C)C1(C)C. The molecule has 0 aromatic rings. The van der Waals surface area contributed by atoms with Crippen LogP contribution in [-0.2, 0) is 0 Å². The lowest BCUT2D eigenvalue weighted by atomic mass is 10.1. The maximum Gasteiger partial charge on any atom is -0.0295 e. The van der Waals surface area contributed by atoms with Crippen molar-refractivity contribution in [3.05, 3.63) is 0 Å². The predicted octanol–water partition coefficient (Wildman–Crippen LogP) is 3.47. The summed E-state index contributed by atoms with van der Waals surface area (Å²) >= 11 is 0. The molecule has 0 aliphatic heterocycles. The first-order valence-electron chi connectivity index (χ1n) is 4.60. The molecule has 0 saturated heterocycles. The van der Waals surface area contributed by atoms with Crippen molar-refractivity contribution in [2.24, 2.45) is 17.3 Å². The smallest absolute Gasteiger partial charge is 0.0295 e. The second-order valence-corrected chi connectivity index (χ2v) is 4.36. The largest absolute Gasteiger partial charge is 0.0654 e. The summed E-state index contributed by atoms with van der Waals surface area (Å²) in [5, 5.41) is 0. The van der Waals surface area contributed by atoms with Crippen molar-refractivity contribution in [3.63, 3.8) is 0 Å². The van der Waals surface area contributed by atoms with Gasteiger partial charge >= 0.3 is 0 Å². The summed E-state index contributed by atoms with van der Waals surface area (Å²) in [4.78, 5) is 0. The van der Waals surface area contributed by atoms with Gasteiger partial charge in [0.15, 0.2) is 0 Å². The van der Waals surface area contributed by atoms with Crippen molar-refractivity contribution >= 4 is 0 Å². The minimum absolute atomic E-state index is 0.676. The van der Waals surface area contributed by atoms with Gasteiger partial charge in [-0.15, -0.1) is 0 Å². The van der Waals surface area contributed by atoms with E-state index in [0.717, 1.165) is 11.8 Å². The Balaban J connectivity index is 2.22. The van der Waals surface area contributed by atoms with Gasteiger partial charge in [-0.25, -0.2) is 0 Å². The number of unbranched alkanes of at least 4 members (excludes halogenated alkanes) is 1. The first-order chi connectivity index (χ1) is 4.60. The van der Waals surface area contributed by atoms with Crippen molar-refractivity contribution in [3.8, 4) is 0 Å². The molecule has 0 bridgehead atoms. The minimum Gasteiger partial charge on any atom is -0.0654 e. The van der Waals surface area contributed by atoms with Gasteiger partial charge in [0, 0.05) is 0 Å². The molecule has 1 saturated carbocycles. The lowest BCUT2D eigenvalue weighted by molar-refractivity contribution is 0.512. The van der Waals surface area contributed by atoms with Crippen molar-refractivity contribution in [2.45, 2.75) is 47.0 Å². The summed E-state index contributed by atoms with van der Waals surface area (Å²) in [6, 6.07) is 0. The molecule has 0 spiro atoms. The van der Waals surface area contributed by atoms with E-state index < -0.39 is 0 Å². The zero-order valence-electron chi connectivity index (χ0n) is 7.78. The van der Waals surface area contributed by atoms with Crippen LogP contribution in [0.3, 0.4) is 0 Å². The molecule has 1 aliphatic carbocycles. The second-order valence-electron chi connectivity index (χ2n) is 4.36. The van der Waals surface area contributed by atoms with Crippen molar-refractivity contribution in [2.75, 3.05) is 0 Å². The van der Waals surface area contributed by atoms with E-state index in [4.69, 9.17) is 0 Å². The molecule has 60 valence electrons. The van der Waals surface area contributed by atoms with E-state index in [1.54, 1.807) is 0 Å². The van der Waals surface area contributed by atoms with E-state index in [1.807, 2.05) is 0 Å². The Kier molecular flexibility index (Phi) is 2.07. The third-order valence-corrected chi connectivity index (χ3v) is 3.49. The van der Waals surface area contributed by atoms with Crippen LogP contribution in [-0.4, -0.2) is 0 Å². The standard InChI is InChI=1S/C10H20/c1-5-6-7-9-8(2)10(9,3)4/h8-9H,5-7H2,1-4H3/t8-,9?/m0/s1. The van der Waals surface area contributed by atoms with E-state index in [-0.39, 0.29) is 0 Å². The zero-order chi connectivity index (χ0) is 7.78. The molecule has 0 N–H and O–H groups in total. The summed E-state index contributed by atoms with van der Waals surface area (Å²) in [5.74, 6) is 2.02. The van der Waals surface area contributed by atoms with Gasteiger partial charge in [0.2, 0.25) is 0 Å². The van der Waals surface area contributed by atoms with Crippen LogP contribution in [0.15, 0.2) is 0 Å². The van der Waals surface area contributed by atoms with Gasteiger partial charge in [-0.2, -0.15) is 0 Å². The highest BCUT2D eigenvalue weighted by atomic mass is 14.6. The Morgan fingerprint density at radius 1 is 1.30 bits per heavy atom. The molecule has 0 heterocycles. The molecule has 1 fully saturated rings. The van der Waals surface area contributed by atoms with Crippen LogP contribution in [0.4, 0.5) is 0 Å². The quantitative estimate of drug-likeness (QED) is 0.563. The molecule has 0 heteroatoms. The Morgan fingerprint density at radius 2 is 1.80 bits per heavy atom. The number of hydrogen-bond donors (Lipinski definition) is 0. The molecule has 0 nitrogen and oxygen atoms in total. The third kappa shape index (κ3) is 1.21. The molecule has 10 heavy (non-hydrogen) atoms. The monoisotopic (exact) mass is 140 g/mol. The minimum atomic E-state index is 0.676. The predicted molar refractivity (Wildman–Crippen MR) is 46.0 cm³/mol. The van der Waals surface area contributed by atoms with Crippen LogP contribution in [0.25, 0.3) is 0 Å². The first kappa shape index (κ1) is 8.10. The molecule has 0 amide bonds. The Labute approximate surface area is 65.0 Å². The highest BCUT2D eigenvalue weighted by Gasteiger charge is 2.53. The maximum absolute atomic E-state index is 2.40. The van der Waals surface area contributed by atoms with Gasteiger partial charge < -0.3 is 0 Å². The summed E-state index contributed by atoms with van der Waals surface area (Å²) < 4.78 is 0. The van der Waals surface area contributed by atoms with Gasteiger partial charge in [0.25, 0.3) is 0 Å². The van der Waals surface area contributed by atoms with E-state index in [0.29, 0.717) is 5.41 Å². The molecular formula is C10H20. The van der Waals surface area contributed by atoms with Gasteiger partial charge in [0.05, 0.1) is 0 Å². The van der Waals surface area contributed by atoms with Gasteiger partial charge in [-0.3, -0.25) is 0 Å². The molecule has 0 radical (unpaired) electrons. The summed E-state index contributed by atoms with van der Waals surface area (Å²) in [6.07, 6.45) is 4.25. The molecule has 0 aromatic carbocycles. The molecule has 1 unspecified atom stereocenters. The van der Waals surface area contributed by atoms with Crippen LogP contribution in [0, 0.1) is 17.3 Å². The average molecular weight is 140 g/mol. The van der Waals surface area contributed by atoms with Crippen LogP contribution in [0.2, 0.25) is 0 Å². The van der Waals surface area contributed by atoms with E-state index in [1.165, 1.54) is 19.3 Å². The van der Waals surface area contributed by atoms with Gasteiger partial charge in [-0.05, 0) is 23.7 Å². The molecule has 1 aliphatic rings. The average Bonchev–Trinajstić information content (AvgIpc) is 2.31. The van der Waals surface area contributed by atoms with Gasteiger partial charge in [-0.1, -0.05) is 40.5 Å². The highest BCUT2D eigenvalue weighted by molar-refractivity contribution is 5.01. The fraction of sp³-hybridized carbons (Fsp3) is 1.00. The molecule has 1 rings (SSSR count). The lowest BCUT2D eigenvalue weighted by Gasteiger charge is -1.99. The van der Waals surface area contributed by atoms with Crippen molar-refractivity contribution in [1.29, 1.82) is 0 Å². The summed E-state index contributed by atoms with van der Waals surface area (Å²) in [7, 11) is 0. The maximum atomic E-state index is 2.40. The van der Waals surface area contributed by atoms with E-state index in [2.05, 4.69) is 27.7 Å². The highest BCUT2D eigenvalue weighted by Crippen LogP contribution is 2.59. The third-order valence-electron chi connectivity index (χ3n) is 3.49. The normalized spacial score (nSPS) is 36.0. The molecular weight excluding hydrogens is 120 g/mol. The fourth-order valence-electron chi connectivity index (χ4n) is 2.06. The van der Waals surface area contributed by atoms with Crippen molar-refractivity contribution in [1.82, 2.24) is 0 Å². The van der Waals surface area contributed by atoms with E-state index >= 15 is 0 Å². The topological polar surface area (TPSA) is 0 Å².